The molecule has 0 N–H and O–H groups in total. The summed E-state index contributed by atoms with van der Waals surface area (Å²) in [6, 6.07) is 0. The van der Waals surface area contributed by atoms with Gasteiger partial charge in [0.1, 0.15) is 0 Å². The number of hydrogen-bond acceptors (Lipinski definition) is 3. The molecule has 0 spiro atoms. The Bertz CT molecular complexity index is 277. The Hall–Kier alpha value is -0.480. The van der Waals surface area contributed by atoms with Gasteiger partial charge in [-0.15, -0.1) is 11.8 Å². The van der Waals surface area contributed by atoms with Gasteiger partial charge >= 0.3 is 5.00 Å². The fraction of sp³-hybridized carbons (Fsp3) is 0.500. The summed E-state index contributed by atoms with van der Waals surface area (Å²) in [7, 11) is 0. The number of hydrogen-bond donors (Lipinski definition) is 0. The SMILES string of the molecule is CCSC1=CCC(Cl)([N+](=O)[O-])C=C1. The van der Waals surface area contributed by atoms with E-state index in [9.17, 15) is 10.1 Å². The Morgan fingerprint density at radius 2 is 2.54 bits per heavy atom. The minimum absolute atomic E-state index is 0.264. The van der Waals surface area contributed by atoms with Gasteiger partial charge in [-0.25, -0.2) is 0 Å². The zero-order valence-electron chi connectivity index (χ0n) is 7.20. The molecule has 0 aromatic carbocycles. The smallest absolute Gasteiger partial charge is 0.262 e. The molecule has 0 heterocycles. The molecule has 1 aliphatic carbocycles. The van der Waals surface area contributed by atoms with Gasteiger partial charge in [0.25, 0.3) is 0 Å². The highest BCUT2D eigenvalue weighted by molar-refractivity contribution is 8.03. The molecule has 0 saturated heterocycles. The molecule has 0 aliphatic heterocycles. The molecule has 0 bridgehead atoms. The third-order valence-electron chi connectivity index (χ3n) is 1.71. The van der Waals surface area contributed by atoms with E-state index >= 15 is 0 Å². The standard InChI is InChI=1S/C8H10ClNO2S/c1-2-13-7-3-5-8(9,6-4-7)10(11)12/h3-5H,2,6H2,1H3. The summed E-state index contributed by atoms with van der Waals surface area (Å²) >= 11 is 7.39. The average molecular weight is 220 g/mol. The summed E-state index contributed by atoms with van der Waals surface area (Å²) in [6.45, 7) is 2.04. The van der Waals surface area contributed by atoms with E-state index in [4.69, 9.17) is 11.6 Å². The van der Waals surface area contributed by atoms with E-state index in [1.807, 2.05) is 13.0 Å². The second-order valence-corrected chi connectivity index (χ2v) is 4.64. The zero-order valence-corrected chi connectivity index (χ0v) is 8.77. The Morgan fingerprint density at radius 3 is 2.92 bits per heavy atom. The predicted molar refractivity (Wildman–Crippen MR) is 55.6 cm³/mol. The molecule has 0 fully saturated rings. The van der Waals surface area contributed by atoms with E-state index in [1.54, 1.807) is 17.8 Å². The van der Waals surface area contributed by atoms with E-state index in [2.05, 4.69) is 0 Å². The molecular formula is C8H10ClNO2S. The molecular weight excluding hydrogens is 210 g/mol. The van der Waals surface area contributed by atoms with E-state index in [1.165, 1.54) is 6.08 Å². The van der Waals surface area contributed by atoms with Crippen molar-refractivity contribution >= 4 is 23.4 Å². The number of halogens is 1. The topological polar surface area (TPSA) is 43.1 Å². The summed E-state index contributed by atoms with van der Waals surface area (Å²) in [5.74, 6) is 0.962. The Kier molecular flexibility index (Phi) is 3.39. The van der Waals surface area contributed by atoms with Crippen LogP contribution in [-0.4, -0.2) is 15.7 Å². The van der Waals surface area contributed by atoms with Crippen LogP contribution < -0.4 is 0 Å². The van der Waals surface area contributed by atoms with Crippen molar-refractivity contribution in [3.05, 3.63) is 33.2 Å². The zero-order chi connectivity index (χ0) is 9.90. The van der Waals surface area contributed by atoms with Gasteiger partial charge in [0.05, 0.1) is 6.42 Å². The number of rotatable bonds is 3. The number of nitro groups is 1. The van der Waals surface area contributed by atoms with Crippen LogP contribution in [0.5, 0.6) is 0 Å². The van der Waals surface area contributed by atoms with Crippen molar-refractivity contribution in [1.29, 1.82) is 0 Å². The first-order valence-electron chi connectivity index (χ1n) is 3.94. The highest BCUT2D eigenvalue weighted by Gasteiger charge is 2.37. The molecule has 1 aliphatic rings. The molecule has 0 aromatic rings. The minimum Gasteiger partial charge on any atom is -0.262 e. The van der Waals surface area contributed by atoms with Gasteiger partial charge in [0.2, 0.25) is 0 Å². The predicted octanol–water partition coefficient (Wildman–Crippen LogP) is 2.80. The van der Waals surface area contributed by atoms with Crippen LogP contribution >= 0.6 is 23.4 Å². The molecule has 5 heteroatoms. The molecule has 13 heavy (non-hydrogen) atoms. The van der Waals surface area contributed by atoms with Gasteiger partial charge in [-0.05, 0) is 23.4 Å². The van der Waals surface area contributed by atoms with Crippen molar-refractivity contribution < 1.29 is 4.92 Å². The Labute approximate surface area is 86.0 Å². The van der Waals surface area contributed by atoms with Crippen LogP contribution in [0.1, 0.15) is 13.3 Å². The number of thioether (sulfide) groups is 1. The number of alkyl halides is 1. The minimum atomic E-state index is -1.42. The second-order valence-electron chi connectivity index (χ2n) is 2.65. The van der Waals surface area contributed by atoms with Crippen molar-refractivity contribution in [2.75, 3.05) is 5.75 Å². The first-order valence-corrected chi connectivity index (χ1v) is 5.30. The maximum Gasteiger partial charge on any atom is 0.317 e. The van der Waals surface area contributed by atoms with Crippen molar-refractivity contribution in [2.45, 2.75) is 18.3 Å². The van der Waals surface area contributed by atoms with Gasteiger partial charge in [0.15, 0.2) is 0 Å². The van der Waals surface area contributed by atoms with Crippen molar-refractivity contribution in [2.24, 2.45) is 0 Å². The average Bonchev–Trinajstić information content (AvgIpc) is 2.09. The molecule has 0 radical (unpaired) electrons. The number of nitrogens with zero attached hydrogens (tertiary/aromatic N) is 1. The summed E-state index contributed by atoms with van der Waals surface area (Å²) < 4.78 is 0. The van der Waals surface area contributed by atoms with Crippen LogP contribution in [0, 0.1) is 10.1 Å². The Morgan fingerprint density at radius 1 is 1.85 bits per heavy atom. The molecule has 0 saturated carbocycles. The first kappa shape index (κ1) is 10.6. The van der Waals surface area contributed by atoms with Crippen molar-refractivity contribution in [3.8, 4) is 0 Å². The highest BCUT2D eigenvalue weighted by Crippen LogP contribution is 2.31. The first-order chi connectivity index (χ1) is 6.08. The van der Waals surface area contributed by atoms with Crippen LogP contribution in [0.4, 0.5) is 0 Å². The molecule has 1 rings (SSSR count). The molecule has 1 atom stereocenters. The van der Waals surface area contributed by atoms with Gasteiger partial charge in [-0.1, -0.05) is 13.0 Å². The Balaban J connectivity index is 2.67. The van der Waals surface area contributed by atoms with E-state index < -0.39 is 9.92 Å². The lowest BCUT2D eigenvalue weighted by atomic mass is 10.1. The normalized spacial score (nSPS) is 27.1. The van der Waals surface area contributed by atoms with E-state index in [-0.39, 0.29) is 6.42 Å². The van der Waals surface area contributed by atoms with Gasteiger partial charge in [-0.3, -0.25) is 10.1 Å². The lowest BCUT2D eigenvalue weighted by Crippen LogP contribution is -2.29. The lowest BCUT2D eigenvalue weighted by molar-refractivity contribution is -0.527. The monoisotopic (exact) mass is 219 g/mol. The maximum atomic E-state index is 10.5. The fourth-order valence-electron chi connectivity index (χ4n) is 0.999. The van der Waals surface area contributed by atoms with Gasteiger partial charge in [-0.2, -0.15) is 0 Å². The lowest BCUT2D eigenvalue weighted by Gasteiger charge is -2.16. The van der Waals surface area contributed by atoms with Crippen molar-refractivity contribution in [1.82, 2.24) is 0 Å². The van der Waals surface area contributed by atoms with E-state index in [0.717, 1.165) is 10.7 Å². The third-order valence-corrected chi connectivity index (χ3v) is 3.05. The maximum absolute atomic E-state index is 10.5. The molecule has 0 aromatic heterocycles. The molecule has 3 nitrogen and oxygen atoms in total. The summed E-state index contributed by atoms with van der Waals surface area (Å²) in [6.07, 6.45) is 5.24. The van der Waals surface area contributed by atoms with Crippen LogP contribution in [-0.2, 0) is 0 Å². The summed E-state index contributed by atoms with van der Waals surface area (Å²) in [4.78, 5) is 9.70. The second kappa shape index (κ2) is 4.15. The quantitative estimate of drug-likeness (QED) is 0.317. The molecule has 1 unspecified atom stereocenters. The van der Waals surface area contributed by atoms with Crippen molar-refractivity contribution in [3.63, 3.8) is 0 Å². The van der Waals surface area contributed by atoms with Crippen LogP contribution in [0.15, 0.2) is 23.1 Å². The van der Waals surface area contributed by atoms with E-state index in [0.29, 0.717) is 0 Å². The highest BCUT2D eigenvalue weighted by atomic mass is 35.5. The van der Waals surface area contributed by atoms with Crippen LogP contribution in [0.2, 0.25) is 0 Å². The number of allylic oxidation sites excluding steroid dienone is 1. The largest absolute Gasteiger partial charge is 0.317 e. The summed E-state index contributed by atoms with van der Waals surface area (Å²) in [5, 5.41) is 10.5. The van der Waals surface area contributed by atoms with Gasteiger partial charge in [0, 0.05) is 15.9 Å². The van der Waals surface area contributed by atoms with Crippen LogP contribution in [0.3, 0.4) is 0 Å². The van der Waals surface area contributed by atoms with Crippen LogP contribution in [0.25, 0.3) is 0 Å². The fourth-order valence-corrected chi connectivity index (χ4v) is 1.84. The molecule has 0 amide bonds. The molecule has 72 valence electrons. The summed E-state index contributed by atoms with van der Waals surface area (Å²) in [5.41, 5.74) is 0. The third kappa shape index (κ3) is 2.48. The van der Waals surface area contributed by atoms with Gasteiger partial charge < -0.3 is 0 Å².